The van der Waals surface area contributed by atoms with Gasteiger partial charge in [-0.2, -0.15) is 0 Å². The van der Waals surface area contributed by atoms with Crippen molar-refractivity contribution in [2.45, 2.75) is 31.5 Å². The van der Waals surface area contributed by atoms with Gasteiger partial charge in [0.2, 0.25) is 0 Å². The highest BCUT2D eigenvalue weighted by Gasteiger charge is 2.52. The van der Waals surface area contributed by atoms with Crippen molar-refractivity contribution < 1.29 is 14.1 Å². The lowest BCUT2D eigenvalue weighted by molar-refractivity contribution is -0.138. The summed E-state index contributed by atoms with van der Waals surface area (Å²) in [6, 6.07) is 3.84. The van der Waals surface area contributed by atoms with Gasteiger partial charge in [0.1, 0.15) is 10.1 Å². The molecule has 1 aliphatic rings. The highest BCUT2D eigenvalue weighted by atomic mass is 35.5. The zero-order valence-corrected chi connectivity index (χ0v) is 15.2. The maximum atomic E-state index is 11.8. The topological polar surface area (TPSA) is 57.3 Å². The highest BCUT2D eigenvalue weighted by Crippen LogP contribution is 2.53. The van der Waals surface area contributed by atoms with Gasteiger partial charge in [-0.05, 0) is 44.9 Å². The number of nitrogens with zero attached hydrogens (tertiary/aromatic N) is 2. The summed E-state index contributed by atoms with van der Waals surface area (Å²) in [4.78, 5) is 11.8. The Balaban J connectivity index is 1.68. The number of rotatable bonds is 5. The van der Waals surface area contributed by atoms with Gasteiger partial charge in [0.15, 0.2) is 5.82 Å². The fourth-order valence-electron chi connectivity index (χ4n) is 2.61. The Kier molecular flexibility index (Phi) is 4.49. The molecule has 0 aromatic carbocycles. The first-order valence-electron chi connectivity index (χ1n) is 7.63. The van der Waals surface area contributed by atoms with Crippen LogP contribution in [0.2, 0.25) is 0 Å². The molecular formula is C17H18Cl2N2O3. The second kappa shape index (κ2) is 6.30. The number of aryl methyl sites for hydroxylation is 2. The van der Waals surface area contributed by atoms with Crippen molar-refractivity contribution in [1.82, 2.24) is 9.72 Å². The molecule has 1 saturated carbocycles. The summed E-state index contributed by atoms with van der Waals surface area (Å²) < 4.78 is 11.5. The van der Waals surface area contributed by atoms with Gasteiger partial charge in [0.05, 0.1) is 6.61 Å². The van der Waals surface area contributed by atoms with E-state index in [1.54, 1.807) is 6.08 Å². The molecule has 2 aromatic rings. The normalized spacial score (nSPS) is 19.0. The van der Waals surface area contributed by atoms with E-state index in [1.807, 2.05) is 37.5 Å². The molecule has 0 N–H and O–H groups in total. The smallest absolute Gasteiger partial charge is 0.330 e. The van der Waals surface area contributed by atoms with E-state index in [0.717, 1.165) is 28.5 Å². The molecule has 7 heteroatoms. The second-order valence-corrected chi connectivity index (χ2v) is 7.63. The van der Waals surface area contributed by atoms with Crippen LogP contribution in [0.15, 0.2) is 22.7 Å². The molecular weight excluding hydrogens is 351 g/mol. The van der Waals surface area contributed by atoms with Crippen LogP contribution in [-0.2, 0) is 9.53 Å². The minimum Gasteiger partial charge on any atom is -0.462 e. The fraction of sp³-hybridized carbons (Fsp3) is 0.412. The summed E-state index contributed by atoms with van der Waals surface area (Å²) in [5.74, 6) is 1.08. The molecule has 0 radical (unpaired) electrons. The van der Waals surface area contributed by atoms with Crippen LogP contribution in [0.5, 0.6) is 0 Å². The molecule has 1 unspecified atom stereocenters. The van der Waals surface area contributed by atoms with Crippen LogP contribution in [0.4, 0.5) is 0 Å². The number of ether oxygens (including phenoxy) is 1. The third-order valence-electron chi connectivity index (χ3n) is 4.10. The summed E-state index contributed by atoms with van der Waals surface area (Å²) in [6.45, 7) is 6.02. The zero-order chi connectivity index (χ0) is 17.5. The minimum atomic E-state index is -0.732. The molecule has 0 spiro atoms. The predicted octanol–water partition coefficient (Wildman–Crippen LogP) is 4.14. The van der Waals surface area contributed by atoms with E-state index in [-0.39, 0.29) is 12.5 Å². The Morgan fingerprint density at radius 2 is 2.17 bits per heavy atom. The summed E-state index contributed by atoms with van der Waals surface area (Å²) in [6.07, 6.45) is 3.80. The van der Waals surface area contributed by atoms with E-state index in [0.29, 0.717) is 6.42 Å². The number of esters is 1. The lowest BCUT2D eigenvalue weighted by Crippen LogP contribution is -2.06. The monoisotopic (exact) mass is 368 g/mol. The quantitative estimate of drug-likeness (QED) is 0.452. The van der Waals surface area contributed by atoms with E-state index in [4.69, 9.17) is 32.5 Å². The SMILES string of the molecule is Cc1cc(-n2c(C)cc(/C=C/C(=O)OCC3CC3(Cl)Cl)c2C)no1. The van der Waals surface area contributed by atoms with Gasteiger partial charge < -0.3 is 9.26 Å². The first kappa shape index (κ1) is 17.1. The Morgan fingerprint density at radius 3 is 2.75 bits per heavy atom. The Bertz CT molecular complexity index is 805. The van der Waals surface area contributed by atoms with Gasteiger partial charge in [-0.3, -0.25) is 4.57 Å². The highest BCUT2D eigenvalue weighted by molar-refractivity contribution is 6.50. The summed E-state index contributed by atoms with van der Waals surface area (Å²) in [7, 11) is 0. The van der Waals surface area contributed by atoms with Gasteiger partial charge in [-0.15, -0.1) is 23.2 Å². The Labute approximate surface area is 150 Å². The number of alkyl halides is 2. The number of hydrogen-bond acceptors (Lipinski definition) is 4. The largest absolute Gasteiger partial charge is 0.462 e. The number of carbonyl (C=O) groups excluding carboxylic acids is 1. The van der Waals surface area contributed by atoms with Gasteiger partial charge in [-0.25, -0.2) is 4.79 Å². The molecule has 128 valence electrons. The molecule has 24 heavy (non-hydrogen) atoms. The van der Waals surface area contributed by atoms with E-state index in [1.165, 1.54) is 6.08 Å². The van der Waals surface area contributed by atoms with Crippen LogP contribution in [-0.4, -0.2) is 26.6 Å². The summed E-state index contributed by atoms with van der Waals surface area (Å²) >= 11 is 11.8. The van der Waals surface area contributed by atoms with E-state index >= 15 is 0 Å². The van der Waals surface area contributed by atoms with E-state index in [2.05, 4.69) is 5.16 Å². The average molecular weight is 369 g/mol. The fourth-order valence-corrected chi connectivity index (χ4v) is 3.11. The predicted molar refractivity (Wildman–Crippen MR) is 92.6 cm³/mol. The lowest BCUT2D eigenvalue weighted by atomic mass is 10.2. The number of carbonyl (C=O) groups is 1. The van der Waals surface area contributed by atoms with Crippen molar-refractivity contribution in [3.63, 3.8) is 0 Å². The second-order valence-electron chi connectivity index (χ2n) is 6.08. The van der Waals surface area contributed by atoms with Gasteiger partial charge in [0, 0.05) is 29.4 Å². The zero-order valence-electron chi connectivity index (χ0n) is 13.7. The third-order valence-corrected chi connectivity index (χ3v) is 5.02. The van der Waals surface area contributed by atoms with Crippen LogP contribution in [0, 0.1) is 26.7 Å². The number of halogens is 2. The standard InChI is InChI=1S/C17H18Cl2N2O3/c1-10-6-13(12(3)21(10)15-7-11(2)24-20-15)4-5-16(22)23-9-14-8-17(14,18)19/h4-7,14H,8-9H2,1-3H3/b5-4+. The molecule has 3 rings (SSSR count). The molecule has 0 saturated heterocycles. The molecule has 1 fully saturated rings. The average Bonchev–Trinajstić information content (AvgIpc) is 2.80. The van der Waals surface area contributed by atoms with Gasteiger partial charge in [-0.1, -0.05) is 5.16 Å². The first-order chi connectivity index (χ1) is 11.3. The van der Waals surface area contributed by atoms with Crippen molar-refractivity contribution in [2.24, 2.45) is 5.92 Å². The molecule has 0 bridgehead atoms. The molecule has 1 aliphatic carbocycles. The van der Waals surface area contributed by atoms with Crippen LogP contribution >= 0.6 is 23.2 Å². The number of hydrogen-bond donors (Lipinski definition) is 0. The molecule has 1 atom stereocenters. The maximum Gasteiger partial charge on any atom is 0.330 e. The molecule has 5 nitrogen and oxygen atoms in total. The van der Waals surface area contributed by atoms with Crippen LogP contribution < -0.4 is 0 Å². The van der Waals surface area contributed by atoms with Crippen molar-refractivity contribution in [3.8, 4) is 5.82 Å². The van der Waals surface area contributed by atoms with Crippen LogP contribution in [0.25, 0.3) is 11.9 Å². The number of aromatic nitrogens is 2. The summed E-state index contributed by atoms with van der Waals surface area (Å²) in [5.41, 5.74) is 2.88. The minimum absolute atomic E-state index is 0.0265. The lowest BCUT2D eigenvalue weighted by Gasteiger charge is -2.04. The molecule has 2 aromatic heterocycles. The van der Waals surface area contributed by atoms with E-state index < -0.39 is 10.3 Å². The van der Waals surface area contributed by atoms with Gasteiger partial charge >= 0.3 is 5.97 Å². The Morgan fingerprint density at radius 1 is 1.46 bits per heavy atom. The van der Waals surface area contributed by atoms with Crippen molar-refractivity contribution in [1.29, 1.82) is 0 Å². The Hall–Kier alpha value is -1.72. The van der Waals surface area contributed by atoms with Crippen LogP contribution in [0.3, 0.4) is 0 Å². The van der Waals surface area contributed by atoms with Crippen molar-refractivity contribution in [3.05, 3.63) is 40.9 Å². The van der Waals surface area contributed by atoms with E-state index in [9.17, 15) is 4.79 Å². The van der Waals surface area contributed by atoms with Crippen molar-refractivity contribution >= 4 is 35.2 Å². The molecule has 2 heterocycles. The van der Waals surface area contributed by atoms with Gasteiger partial charge in [0.25, 0.3) is 0 Å². The first-order valence-corrected chi connectivity index (χ1v) is 8.39. The molecule has 0 aliphatic heterocycles. The third kappa shape index (κ3) is 3.52. The molecule has 0 amide bonds. The summed E-state index contributed by atoms with van der Waals surface area (Å²) in [5, 5.41) is 4.03. The maximum absolute atomic E-state index is 11.8. The van der Waals surface area contributed by atoms with Crippen LogP contribution in [0.1, 0.15) is 29.1 Å². The van der Waals surface area contributed by atoms with Crippen molar-refractivity contribution in [2.75, 3.05) is 6.61 Å².